The molecule has 6 aromatic rings. The maximum Gasteiger partial charge on any atom is 0.0736 e. The van der Waals surface area contributed by atoms with Crippen molar-refractivity contribution in [1.29, 1.82) is 0 Å². The second-order valence-electron chi connectivity index (χ2n) is 10.8. The van der Waals surface area contributed by atoms with Gasteiger partial charge in [0.05, 0.1) is 16.6 Å². The first kappa shape index (κ1) is 27.9. The number of pyridine rings is 3. The Balaban J connectivity index is 0.000000136. The van der Waals surface area contributed by atoms with Crippen molar-refractivity contribution in [3.63, 3.8) is 0 Å². The molecule has 39 heavy (non-hydrogen) atoms. The molecule has 0 atom stereocenters. The van der Waals surface area contributed by atoms with E-state index in [2.05, 4.69) is 129 Å². The van der Waals surface area contributed by atoms with Crippen molar-refractivity contribution < 1.29 is 0 Å². The van der Waals surface area contributed by atoms with E-state index in [-0.39, 0.29) is 0 Å². The summed E-state index contributed by atoms with van der Waals surface area (Å²) in [5.41, 5.74) is 7.37. The number of aromatic nitrogens is 3. The van der Waals surface area contributed by atoms with Gasteiger partial charge in [-0.1, -0.05) is 90.1 Å². The monoisotopic (exact) mass is 513 g/mol. The lowest BCUT2D eigenvalue weighted by Crippen LogP contribution is -1.90. The van der Waals surface area contributed by atoms with E-state index in [9.17, 15) is 0 Å². The Kier molecular flexibility index (Phi) is 9.38. The fraction of sp³-hybridized carbons (Fsp3) is 0.250. The van der Waals surface area contributed by atoms with Gasteiger partial charge >= 0.3 is 0 Å². The van der Waals surface area contributed by atoms with Crippen LogP contribution in [0.1, 0.15) is 76.0 Å². The third-order valence-electron chi connectivity index (χ3n) is 6.87. The van der Waals surface area contributed by atoms with Crippen LogP contribution in [0.15, 0.2) is 110 Å². The molecular weight excluding hydrogens is 474 g/mol. The van der Waals surface area contributed by atoms with Gasteiger partial charge in [-0.25, -0.2) is 0 Å². The molecule has 6 rings (SSSR count). The van der Waals surface area contributed by atoms with Crippen LogP contribution >= 0.6 is 0 Å². The molecule has 0 saturated carbocycles. The molecule has 0 unspecified atom stereocenters. The molecule has 0 aliphatic carbocycles. The molecule has 3 heterocycles. The lowest BCUT2D eigenvalue weighted by atomic mass is 10.00. The fourth-order valence-corrected chi connectivity index (χ4v) is 4.50. The summed E-state index contributed by atoms with van der Waals surface area (Å²) >= 11 is 0. The highest BCUT2D eigenvalue weighted by Gasteiger charge is 2.04. The van der Waals surface area contributed by atoms with Crippen molar-refractivity contribution in [3.05, 3.63) is 126 Å². The first-order valence-corrected chi connectivity index (χ1v) is 13.9. The quantitative estimate of drug-likeness (QED) is 0.236. The molecule has 0 fully saturated rings. The SMILES string of the molecule is CC(C)c1ccc2ncccc2c1.CC(C)c1ccc2ncccc2c1.CC(C)c1cccc2cccnc12. The van der Waals surface area contributed by atoms with Crippen molar-refractivity contribution >= 4 is 32.7 Å². The van der Waals surface area contributed by atoms with E-state index >= 15 is 0 Å². The summed E-state index contributed by atoms with van der Waals surface area (Å²) in [6.45, 7) is 13.2. The second kappa shape index (κ2) is 13.1. The van der Waals surface area contributed by atoms with Gasteiger partial charge in [-0.2, -0.15) is 0 Å². The molecule has 198 valence electrons. The largest absolute Gasteiger partial charge is 0.256 e. The number of rotatable bonds is 3. The predicted octanol–water partition coefficient (Wildman–Crippen LogP) is 10.1. The Bertz CT molecular complexity index is 1550. The van der Waals surface area contributed by atoms with Crippen molar-refractivity contribution in [2.75, 3.05) is 0 Å². The van der Waals surface area contributed by atoms with Gasteiger partial charge in [0.2, 0.25) is 0 Å². The van der Waals surface area contributed by atoms with E-state index in [1.807, 2.05) is 36.8 Å². The first-order chi connectivity index (χ1) is 18.8. The Hall–Kier alpha value is -4.11. The van der Waals surface area contributed by atoms with E-state index in [0.29, 0.717) is 17.8 Å². The van der Waals surface area contributed by atoms with Gasteiger partial charge < -0.3 is 0 Å². The molecule has 0 radical (unpaired) electrons. The zero-order valence-electron chi connectivity index (χ0n) is 24.0. The molecule has 3 aromatic carbocycles. The summed E-state index contributed by atoms with van der Waals surface area (Å²) < 4.78 is 0. The van der Waals surface area contributed by atoms with Gasteiger partial charge in [-0.05, 0) is 76.9 Å². The minimum atomic E-state index is 0.540. The fourth-order valence-electron chi connectivity index (χ4n) is 4.50. The zero-order chi connectivity index (χ0) is 27.8. The molecule has 0 N–H and O–H groups in total. The Morgan fingerprint density at radius 3 is 1.38 bits per heavy atom. The molecular formula is C36H39N3. The van der Waals surface area contributed by atoms with E-state index < -0.39 is 0 Å². The third-order valence-corrected chi connectivity index (χ3v) is 6.87. The van der Waals surface area contributed by atoms with Gasteiger partial charge in [0.25, 0.3) is 0 Å². The van der Waals surface area contributed by atoms with Gasteiger partial charge in [0, 0.05) is 34.7 Å². The summed E-state index contributed by atoms with van der Waals surface area (Å²) in [6, 6.07) is 31.5. The van der Waals surface area contributed by atoms with Crippen LogP contribution in [-0.4, -0.2) is 15.0 Å². The summed E-state index contributed by atoms with van der Waals surface area (Å²) in [5, 5.41) is 3.69. The maximum absolute atomic E-state index is 4.40. The number of para-hydroxylation sites is 1. The van der Waals surface area contributed by atoms with Crippen LogP contribution in [0, 0.1) is 0 Å². The molecule has 0 amide bonds. The Labute approximate surface area is 233 Å². The topological polar surface area (TPSA) is 38.7 Å². The minimum absolute atomic E-state index is 0.540. The smallest absolute Gasteiger partial charge is 0.0736 e. The molecule has 0 bridgehead atoms. The summed E-state index contributed by atoms with van der Waals surface area (Å²) in [6.07, 6.45) is 5.52. The van der Waals surface area contributed by atoms with Crippen LogP contribution < -0.4 is 0 Å². The highest BCUT2D eigenvalue weighted by Crippen LogP contribution is 2.23. The Morgan fingerprint density at radius 1 is 0.436 bits per heavy atom. The van der Waals surface area contributed by atoms with Crippen LogP contribution in [0.3, 0.4) is 0 Å². The van der Waals surface area contributed by atoms with Crippen LogP contribution in [0.4, 0.5) is 0 Å². The van der Waals surface area contributed by atoms with E-state index in [1.165, 1.54) is 32.8 Å². The maximum atomic E-state index is 4.40. The van der Waals surface area contributed by atoms with E-state index in [1.54, 1.807) is 0 Å². The summed E-state index contributed by atoms with van der Waals surface area (Å²) in [7, 11) is 0. The average molecular weight is 514 g/mol. The van der Waals surface area contributed by atoms with Gasteiger partial charge in [0.1, 0.15) is 0 Å². The summed E-state index contributed by atoms with van der Waals surface area (Å²) in [5.74, 6) is 1.72. The molecule has 0 aliphatic rings. The predicted molar refractivity (Wildman–Crippen MR) is 167 cm³/mol. The molecule has 0 spiro atoms. The average Bonchev–Trinajstić information content (AvgIpc) is 2.97. The molecule has 3 nitrogen and oxygen atoms in total. The van der Waals surface area contributed by atoms with Crippen molar-refractivity contribution in [2.24, 2.45) is 0 Å². The van der Waals surface area contributed by atoms with Crippen LogP contribution in [-0.2, 0) is 0 Å². The van der Waals surface area contributed by atoms with Crippen LogP contribution in [0.25, 0.3) is 32.7 Å². The second-order valence-corrected chi connectivity index (χ2v) is 10.8. The highest BCUT2D eigenvalue weighted by molar-refractivity contribution is 5.82. The Morgan fingerprint density at radius 2 is 0.897 bits per heavy atom. The highest BCUT2D eigenvalue weighted by atomic mass is 14.7. The molecule has 0 aliphatic heterocycles. The number of benzene rings is 3. The summed E-state index contributed by atoms with van der Waals surface area (Å²) in [4.78, 5) is 13.0. The van der Waals surface area contributed by atoms with Gasteiger partial charge in [-0.3, -0.25) is 15.0 Å². The lowest BCUT2D eigenvalue weighted by molar-refractivity contribution is 0.868. The van der Waals surface area contributed by atoms with E-state index in [0.717, 1.165) is 16.6 Å². The first-order valence-electron chi connectivity index (χ1n) is 13.9. The van der Waals surface area contributed by atoms with E-state index in [4.69, 9.17) is 0 Å². The normalized spacial score (nSPS) is 11.0. The molecule has 3 heteroatoms. The van der Waals surface area contributed by atoms with Crippen molar-refractivity contribution in [1.82, 2.24) is 15.0 Å². The van der Waals surface area contributed by atoms with Crippen molar-refractivity contribution in [3.8, 4) is 0 Å². The third kappa shape index (κ3) is 7.26. The van der Waals surface area contributed by atoms with Crippen molar-refractivity contribution in [2.45, 2.75) is 59.3 Å². The zero-order valence-corrected chi connectivity index (χ0v) is 24.0. The lowest BCUT2D eigenvalue weighted by Gasteiger charge is -2.07. The number of hydrogen-bond donors (Lipinski definition) is 0. The molecule has 3 aromatic heterocycles. The molecule has 0 saturated heterocycles. The standard InChI is InChI=1S/3C12H13N/c1-9(2)11-7-3-5-10-6-4-8-13-12(10)11;2*1-9(2)10-5-6-12-11(8-10)4-3-7-13-12/h3*3-9H,1-2H3. The van der Waals surface area contributed by atoms with Gasteiger partial charge in [0.15, 0.2) is 0 Å². The minimum Gasteiger partial charge on any atom is -0.256 e. The van der Waals surface area contributed by atoms with Crippen LogP contribution in [0.5, 0.6) is 0 Å². The number of fused-ring (bicyclic) bond motifs is 3. The number of nitrogens with zero attached hydrogens (tertiary/aromatic N) is 3. The number of hydrogen-bond acceptors (Lipinski definition) is 3. The van der Waals surface area contributed by atoms with Gasteiger partial charge in [-0.15, -0.1) is 0 Å². The van der Waals surface area contributed by atoms with Crippen LogP contribution in [0.2, 0.25) is 0 Å².